The van der Waals surface area contributed by atoms with E-state index in [0.717, 1.165) is 14.8 Å². The second-order valence-corrected chi connectivity index (χ2v) is 5.41. The molecule has 0 bridgehead atoms. The maximum Gasteiger partial charge on any atom is 0.258 e. The van der Waals surface area contributed by atoms with E-state index in [-0.39, 0.29) is 5.91 Å². The van der Waals surface area contributed by atoms with Crippen LogP contribution in [0.1, 0.15) is 15.9 Å². The zero-order valence-electron chi connectivity index (χ0n) is 10.4. The number of hydrogen-bond acceptors (Lipinski definition) is 1. The van der Waals surface area contributed by atoms with Crippen LogP contribution in [0.2, 0.25) is 0 Å². The van der Waals surface area contributed by atoms with Gasteiger partial charge in [-0.3, -0.25) is 4.79 Å². The Morgan fingerprint density at radius 3 is 2.50 bits per heavy atom. The summed E-state index contributed by atoms with van der Waals surface area (Å²) in [6.07, 6.45) is 0. The second-order valence-electron chi connectivity index (χ2n) is 4.16. The lowest BCUT2D eigenvalue weighted by atomic mass is 10.1. The van der Waals surface area contributed by atoms with Crippen molar-refractivity contribution in [2.24, 2.45) is 0 Å². The average molecular weight is 351 g/mol. The topological polar surface area (TPSA) is 20.3 Å². The fraction of sp³-hybridized carbons (Fsp3) is 0.133. The zero-order valence-corrected chi connectivity index (χ0v) is 12.5. The Morgan fingerprint density at radius 2 is 1.83 bits per heavy atom. The van der Waals surface area contributed by atoms with E-state index in [4.69, 9.17) is 0 Å². The smallest absolute Gasteiger partial charge is 0.258 e. The molecule has 0 unspecified atom stereocenters. The number of nitrogens with zero attached hydrogens (tertiary/aromatic N) is 1. The summed E-state index contributed by atoms with van der Waals surface area (Å²) in [6, 6.07) is 15.5. The van der Waals surface area contributed by atoms with Crippen LogP contribution in [0.3, 0.4) is 0 Å². The molecule has 3 heteroatoms. The average Bonchev–Trinajstić information content (AvgIpc) is 2.37. The maximum atomic E-state index is 12.4. The Bertz CT molecular complexity index is 580. The van der Waals surface area contributed by atoms with E-state index in [1.807, 2.05) is 62.5 Å². The van der Waals surface area contributed by atoms with Gasteiger partial charge in [0, 0.05) is 21.9 Å². The summed E-state index contributed by atoms with van der Waals surface area (Å²) in [5, 5.41) is 0. The SMILES string of the molecule is Cc1ccccc1N(C)C(=O)c1cccc(I)c1. The Kier molecular flexibility index (Phi) is 4.01. The van der Waals surface area contributed by atoms with E-state index in [2.05, 4.69) is 22.6 Å². The van der Waals surface area contributed by atoms with E-state index >= 15 is 0 Å². The van der Waals surface area contributed by atoms with Crippen LogP contribution in [0.25, 0.3) is 0 Å². The van der Waals surface area contributed by atoms with Crippen molar-refractivity contribution in [1.29, 1.82) is 0 Å². The number of para-hydroxylation sites is 1. The van der Waals surface area contributed by atoms with Gasteiger partial charge in [-0.1, -0.05) is 24.3 Å². The van der Waals surface area contributed by atoms with Gasteiger partial charge in [-0.25, -0.2) is 0 Å². The summed E-state index contributed by atoms with van der Waals surface area (Å²) < 4.78 is 1.07. The van der Waals surface area contributed by atoms with Gasteiger partial charge in [-0.05, 0) is 59.3 Å². The number of hydrogen-bond donors (Lipinski definition) is 0. The maximum absolute atomic E-state index is 12.4. The van der Waals surface area contributed by atoms with Gasteiger partial charge in [0.05, 0.1) is 0 Å². The summed E-state index contributed by atoms with van der Waals surface area (Å²) in [4.78, 5) is 14.1. The molecular weight excluding hydrogens is 337 g/mol. The molecule has 2 aromatic carbocycles. The number of benzene rings is 2. The molecule has 0 N–H and O–H groups in total. The molecular formula is C15H14INO. The molecule has 1 amide bonds. The van der Waals surface area contributed by atoms with Crippen LogP contribution < -0.4 is 4.90 Å². The Balaban J connectivity index is 2.32. The molecule has 2 aromatic rings. The molecule has 0 aliphatic rings. The van der Waals surface area contributed by atoms with Gasteiger partial charge in [0.1, 0.15) is 0 Å². The van der Waals surface area contributed by atoms with Gasteiger partial charge in [0.25, 0.3) is 5.91 Å². The molecule has 0 saturated heterocycles. The molecule has 18 heavy (non-hydrogen) atoms. The van der Waals surface area contributed by atoms with E-state index in [1.54, 1.807) is 4.90 Å². The molecule has 0 aliphatic heterocycles. The summed E-state index contributed by atoms with van der Waals surface area (Å²) in [6.45, 7) is 2.01. The lowest BCUT2D eigenvalue weighted by Crippen LogP contribution is -2.26. The van der Waals surface area contributed by atoms with Gasteiger partial charge in [-0.15, -0.1) is 0 Å². The predicted octanol–water partition coefficient (Wildman–Crippen LogP) is 3.88. The number of rotatable bonds is 2. The van der Waals surface area contributed by atoms with Crippen LogP contribution in [-0.4, -0.2) is 13.0 Å². The molecule has 0 radical (unpaired) electrons. The van der Waals surface area contributed by atoms with E-state index in [0.29, 0.717) is 5.56 Å². The highest BCUT2D eigenvalue weighted by Gasteiger charge is 2.14. The standard InChI is InChI=1S/C15H14INO/c1-11-6-3-4-9-14(11)17(2)15(18)12-7-5-8-13(16)10-12/h3-10H,1-2H3. The minimum Gasteiger partial charge on any atom is -0.311 e. The van der Waals surface area contributed by atoms with Crippen LogP contribution in [-0.2, 0) is 0 Å². The number of amides is 1. The van der Waals surface area contributed by atoms with E-state index in [9.17, 15) is 4.79 Å². The molecule has 0 saturated carbocycles. The zero-order chi connectivity index (χ0) is 13.1. The predicted molar refractivity (Wildman–Crippen MR) is 83.1 cm³/mol. The van der Waals surface area contributed by atoms with Crippen LogP contribution >= 0.6 is 22.6 Å². The first-order valence-electron chi connectivity index (χ1n) is 5.69. The van der Waals surface area contributed by atoms with Gasteiger partial charge < -0.3 is 4.90 Å². The van der Waals surface area contributed by atoms with Crippen molar-refractivity contribution in [3.05, 3.63) is 63.2 Å². The molecule has 0 fully saturated rings. The summed E-state index contributed by atoms with van der Waals surface area (Å²) in [5.74, 6) is 0.0165. The fourth-order valence-corrected chi connectivity index (χ4v) is 2.41. The largest absolute Gasteiger partial charge is 0.311 e. The van der Waals surface area contributed by atoms with E-state index < -0.39 is 0 Å². The van der Waals surface area contributed by atoms with Crippen molar-refractivity contribution in [3.63, 3.8) is 0 Å². The van der Waals surface area contributed by atoms with Crippen LogP contribution in [0.4, 0.5) is 5.69 Å². The van der Waals surface area contributed by atoms with Gasteiger partial charge in [0.2, 0.25) is 0 Å². The summed E-state index contributed by atoms with van der Waals surface area (Å²) in [7, 11) is 1.81. The number of halogens is 1. The molecule has 0 aromatic heterocycles. The highest BCUT2D eigenvalue weighted by atomic mass is 127. The monoisotopic (exact) mass is 351 g/mol. The second kappa shape index (κ2) is 5.52. The van der Waals surface area contributed by atoms with Gasteiger partial charge in [0.15, 0.2) is 0 Å². The van der Waals surface area contributed by atoms with Crippen molar-refractivity contribution >= 4 is 34.2 Å². The van der Waals surface area contributed by atoms with Crippen molar-refractivity contribution in [1.82, 2.24) is 0 Å². The van der Waals surface area contributed by atoms with Crippen LogP contribution in [0.15, 0.2) is 48.5 Å². The first kappa shape index (κ1) is 13.1. The Labute approximate surface area is 121 Å². The summed E-state index contributed by atoms with van der Waals surface area (Å²) in [5.41, 5.74) is 2.76. The molecule has 2 nitrogen and oxygen atoms in total. The minimum atomic E-state index is 0.0165. The summed E-state index contributed by atoms with van der Waals surface area (Å²) >= 11 is 2.21. The highest BCUT2D eigenvalue weighted by molar-refractivity contribution is 14.1. The van der Waals surface area contributed by atoms with Crippen LogP contribution in [0, 0.1) is 10.5 Å². The lowest BCUT2D eigenvalue weighted by molar-refractivity contribution is 0.0993. The van der Waals surface area contributed by atoms with Gasteiger partial charge in [-0.2, -0.15) is 0 Å². The van der Waals surface area contributed by atoms with Crippen molar-refractivity contribution < 1.29 is 4.79 Å². The molecule has 92 valence electrons. The molecule has 0 atom stereocenters. The quantitative estimate of drug-likeness (QED) is 0.752. The molecule has 0 aliphatic carbocycles. The molecule has 0 heterocycles. The third-order valence-corrected chi connectivity index (χ3v) is 3.52. The number of aryl methyl sites for hydroxylation is 1. The Morgan fingerprint density at radius 1 is 1.11 bits per heavy atom. The Hall–Kier alpha value is -1.36. The van der Waals surface area contributed by atoms with Crippen molar-refractivity contribution in [2.75, 3.05) is 11.9 Å². The molecule has 0 spiro atoms. The van der Waals surface area contributed by atoms with E-state index in [1.165, 1.54) is 0 Å². The number of anilines is 1. The first-order valence-corrected chi connectivity index (χ1v) is 6.77. The van der Waals surface area contributed by atoms with Gasteiger partial charge >= 0.3 is 0 Å². The van der Waals surface area contributed by atoms with Crippen LogP contribution in [0.5, 0.6) is 0 Å². The highest BCUT2D eigenvalue weighted by Crippen LogP contribution is 2.20. The first-order chi connectivity index (χ1) is 8.59. The third-order valence-electron chi connectivity index (χ3n) is 2.85. The molecule has 2 rings (SSSR count). The third kappa shape index (κ3) is 2.72. The lowest BCUT2D eigenvalue weighted by Gasteiger charge is -2.19. The van der Waals surface area contributed by atoms with Crippen molar-refractivity contribution in [3.8, 4) is 0 Å². The van der Waals surface area contributed by atoms with Crippen molar-refractivity contribution in [2.45, 2.75) is 6.92 Å². The fourth-order valence-electron chi connectivity index (χ4n) is 1.86. The normalized spacial score (nSPS) is 10.2. The number of carbonyl (C=O) groups is 1. The number of carbonyl (C=O) groups excluding carboxylic acids is 1. The minimum absolute atomic E-state index is 0.0165.